The van der Waals surface area contributed by atoms with Crippen LogP contribution in [-0.2, 0) is 4.74 Å². The van der Waals surface area contributed by atoms with Gasteiger partial charge in [0.25, 0.3) is 11.8 Å². The van der Waals surface area contributed by atoms with E-state index in [9.17, 15) is 14.4 Å². The van der Waals surface area contributed by atoms with E-state index in [0.29, 0.717) is 21.6 Å². The number of rotatable bonds is 5. The Morgan fingerprint density at radius 1 is 1.31 bits per heavy atom. The molecule has 0 spiro atoms. The van der Waals surface area contributed by atoms with Crippen molar-refractivity contribution in [2.45, 2.75) is 13.8 Å². The van der Waals surface area contributed by atoms with Crippen molar-refractivity contribution >= 4 is 56.7 Å². The molecular formula is C19H16ClN3O5S. The van der Waals surface area contributed by atoms with Crippen molar-refractivity contribution in [1.82, 2.24) is 0 Å². The number of thiophene rings is 1. The maximum atomic E-state index is 12.8. The molecule has 0 radical (unpaired) electrons. The average molecular weight is 434 g/mol. The van der Waals surface area contributed by atoms with Crippen molar-refractivity contribution in [1.29, 1.82) is 5.41 Å². The third-order valence-corrected chi connectivity index (χ3v) is 5.51. The summed E-state index contributed by atoms with van der Waals surface area (Å²) in [4.78, 5) is 36.9. The molecule has 3 rings (SSSR count). The van der Waals surface area contributed by atoms with Gasteiger partial charge in [0, 0.05) is 10.4 Å². The van der Waals surface area contributed by atoms with Crippen molar-refractivity contribution in [2.75, 3.05) is 11.9 Å². The van der Waals surface area contributed by atoms with Crippen LogP contribution in [-0.4, -0.2) is 24.4 Å². The van der Waals surface area contributed by atoms with Gasteiger partial charge in [-0.25, -0.2) is 4.79 Å². The van der Waals surface area contributed by atoms with Crippen molar-refractivity contribution in [3.63, 3.8) is 0 Å². The Balaban J connectivity index is 2.05. The highest BCUT2D eigenvalue weighted by Gasteiger charge is 2.26. The van der Waals surface area contributed by atoms with E-state index in [0.717, 1.165) is 11.3 Å². The highest BCUT2D eigenvalue weighted by molar-refractivity contribution is 7.18. The van der Waals surface area contributed by atoms with E-state index < -0.39 is 17.8 Å². The van der Waals surface area contributed by atoms with E-state index in [1.807, 2.05) is 0 Å². The van der Waals surface area contributed by atoms with Crippen LogP contribution >= 0.6 is 22.9 Å². The molecular weight excluding hydrogens is 418 g/mol. The summed E-state index contributed by atoms with van der Waals surface area (Å²) in [6, 6.07) is 6.26. The molecule has 1 aromatic carbocycles. The number of benzene rings is 1. The lowest BCUT2D eigenvalue weighted by molar-refractivity contribution is 0.0527. The fraction of sp³-hybridized carbons (Fsp3) is 0.158. The van der Waals surface area contributed by atoms with Gasteiger partial charge in [-0.1, -0.05) is 11.6 Å². The minimum Gasteiger partial charge on any atom is -0.462 e. The molecule has 0 saturated heterocycles. The van der Waals surface area contributed by atoms with Crippen molar-refractivity contribution in [3.8, 4) is 0 Å². The van der Waals surface area contributed by atoms with Gasteiger partial charge in [0.2, 0.25) is 5.55 Å². The number of amides is 2. The fourth-order valence-corrected chi connectivity index (χ4v) is 3.96. The van der Waals surface area contributed by atoms with Crippen LogP contribution in [0.3, 0.4) is 0 Å². The molecule has 0 saturated carbocycles. The lowest BCUT2D eigenvalue weighted by atomic mass is 10.1. The summed E-state index contributed by atoms with van der Waals surface area (Å²) in [5.74, 6) is -2.11. The van der Waals surface area contributed by atoms with Gasteiger partial charge in [-0.3, -0.25) is 15.0 Å². The number of halogens is 1. The third kappa shape index (κ3) is 4.01. The van der Waals surface area contributed by atoms with Crippen LogP contribution in [0.5, 0.6) is 0 Å². The molecule has 0 fully saturated rings. The number of hydrogen-bond donors (Lipinski definition) is 3. The first-order valence-corrected chi connectivity index (χ1v) is 9.62. The SMILES string of the molecule is CCOC(=O)c1c(NC(=O)c2cc3cc(Cl)ccc3oc2=N)sc(C(N)=O)c1C. The number of ether oxygens (including phenoxy) is 1. The van der Waals surface area contributed by atoms with Gasteiger partial charge >= 0.3 is 5.97 Å². The van der Waals surface area contributed by atoms with Gasteiger partial charge in [-0.2, -0.15) is 0 Å². The molecule has 29 heavy (non-hydrogen) atoms. The lowest BCUT2D eigenvalue weighted by Gasteiger charge is -2.08. The second-order valence-electron chi connectivity index (χ2n) is 5.97. The highest BCUT2D eigenvalue weighted by Crippen LogP contribution is 2.34. The molecule has 0 aliphatic rings. The third-order valence-electron chi connectivity index (χ3n) is 4.05. The lowest BCUT2D eigenvalue weighted by Crippen LogP contribution is -2.21. The number of hydrogen-bond acceptors (Lipinski definition) is 7. The van der Waals surface area contributed by atoms with Gasteiger partial charge in [-0.05, 0) is 43.7 Å². The molecule has 0 atom stereocenters. The topological polar surface area (TPSA) is 135 Å². The van der Waals surface area contributed by atoms with Crippen LogP contribution < -0.4 is 16.6 Å². The van der Waals surface area contributed by atoms with Crippen molar-refractivity contribution in [3.05, 3.63) is 56.4 Å². The smallest absolute Gasteiger partial charge is 0.341 e. The van der Waals surface area contributed by atoms with Gasteiger partial charge in [0.1, 0.15) is 16.1 Å². The average Bonchev–Trinajstić information content (AvgIpc) is 2.97. The molecule has 150 valence electrons. The fourth-order valence-electron chi connectivity index (χ4n) is 2.74. The van der Waals surface area contributed by atoms with E-state index in [4.69, 9.17) is 31.9 Å². The predicted octanol–water partition coefficient (Wildman–Crippen LogP) is 3.46. The van der Waals surface area contributed by atoms with Crippen LogP contribution in [0, 0.1) is 12.3 Å². The van der Waals surface area contributed by atoms with Crippen molar-refractivity contribution in [2.24, 2.45) is 5.73 Å². The van der Waals surface area contributed by atoms with E-state index in [-0.39, 0.29) is 33.2 Å². The number of fused-ring (bicyclic) bond motifs is 1. The normalized spacial score (nSPS) is 10.7. The van der Waals surface area contributed by atoms with E-state index in [1.165, 1.54) is 6.07 Å². The number of esters is 1. The van der Waals surface area contributed by atoms with Gasteiger partial charge < -0.3 is 20.2 Å². The number of nitrogens with two attached hydrogens (primary N) is 1. The summed E-state index contributed by atoms with van der Waals surface area (Å²) in [6.45, 7) is 3.30. The summed E-state index contributed by atoms with van der Waals surface area (Å²) in [7, 11) is 0. The first-order chi connectivity index (χ1) is 13.7. The minimum atomic E-state index is -0.727. The molecule has 0 bridgehead atoms. The Morgan fingerprint density at radius 3 is 2.69 bits per heavy atom. The maximum Gasteiger partial charge on any atom is 0.341 e. The zero-order valence-corrected chi connectivity index (χ0v) is 17.0. The molecule has 8 nitrogen and oxygen atoms in total. The maximum absolute atomic E-state index is 12.8. The quantitative estimate of drug-likeness (QED) is 0.529. The van der Waals surface area contributed by atoms with Crippen molar-refractivity contribution < 1.29 is 23.5 Å². The summed E-state index contributed by atoms with van der Waals surface area (Å²) in [5.41, 5.74) is 5.69. The van der Waals surface area contributed by atoms with Gasteiger partial charge in [-0.15, -0.1) is 11.3 Å². The molecule has 2 amide bonds. The molecule has 2 heterocycles. The van der Waals surface area contributed by atoms with Gasteiger partial charge in [0.15, 0.2) is 0 Å². The van der Waals surface area contributed by atoms with E-state index in [1.54, 1.807) is 32.0 Å². The molecule has 10 heteroatoms. The van der Waals surface area contributed by atoms with Crippen LogP contribution in [0.2, 0.25) is 5.02 Å². The van der Waals surface area contributed by atoms with Crippen LogP contribution in [0.15, 0.2) is 28.7 Å². The molecule has 4 N–H and O–H groups in total. The molecule has 0 aliphatic carbocycles. The second-order valence-corrected chi connectivity index (χ2v) is 7.43. The Labute approximate surface area is 173 Å². The zero-order valence-electron chi connectivity index (χ0n) is 15.4. The molecule has 2 aromatic heterocycles. The summed E-state index contributed by atoms with van der Waals surface area (Å²) < 4.78 is 10.4. The Hall–Kier alpha value is -3.17. The minimum absolute atomic E-state index is 0.0475. The Morgan fingerprint density at radius 2 is 2.03 bits per heavy atom. The Kier molecular flexibility index (Phi) is 5.71. The molecule has 3 aromatic rings. The van der Waals surface area contributed by atoms with Crippen LogP contribution in [0.25, 0.3) is 11.0 Å². The van der Waals surface area contributed by atoms with E-state index in [2.05, 4.69) is 5.32 Å². The Bertz CT molecular complexity index is 1210. The first-order valence-electron chi connectivity index (χ1n) is 8.42. The highest BCUT2D eigenvalue weighted by atomic mass is 35.5. The number of carbonyl (C=O) groups is 3. The summed E-state index contributed by atoms with van der Waals surface area (Å²) >= 11 is 6.84. The summed E-state index contributed by atoms with van der Waals surface area (Å²) in [6.07, 6.45) is 0. The number of primary amides is 1. The molecule has 0 aliphatic heterocycles. The largest absolute Gasteiger partial charge is 0.462 e. The molecule has 0 unspecified atom stereocenters. The first kappa shape index (κ1) is 20.6. The van der Waals surface area contributed by atoms with Gasteiger partial charge in [0.05, 0.1) is 17.0 Å². The summed E-state index contributed by atoms with van der Waals surface area (Å²) in [5, 5.41) is 11.6. The second kappa shape index (κ2) is 8.06. The number of carbonyl (C=O) groups excluding carboxylic acids is 3. The van der Waals surface area contributed by atoms with Crippen LogP contribution in [0.1, 0.15) is 42.9 Å². The van der Waals surface area contributed by atoms with E-state index >= 15 is 0 Å². The van der Waals surface area contributed by atoms with Crippen LogP contribution in [0.4, 0.5) is 5.00 Å². The zero-order chi connectivity index (χ0) is 21.3. The number of anilines is 1. The standard InChI is InChI=1S/C19H16ClN3O5S/c1-3-27-19(26)13-8(2)14(15(21)24)29-18(13)23-17(25)11-7-9-6-10(20)4-5-12(9)28-16(11)22/h4-7,22H,3H2,1-2H3,(H2,21,24)(H,23,25). The number of nitrogens with one attached hydrogen (secondary N) is 2. The predicted molar refractivity (Wildman–Crippen MR) is 109 cm³/mol. The monoisotopic (exact) mass is 433 g/mol.